The third kappa shape index (κ3) is 4.73. The van der Waals surface area contributed by atoms with Crippen LogP contribution in [0.3, 0.4) is 0 Å². The largest absolute Gasteiger partial charge is 0.489 e. The van der Waals surface area contributed by atoms with Crippen LogP contribution in [0.5, 0.6) is 5.75 Å². The molecule has 0 N–H and O–H groups in total. The van der Waals surface area contributed by atoms with Gasteiger partial charge in [0, 0.05) is 30.1 Å². The molecule has 0 saturated carbocycles. The second-order valence-corrected chi connectivity index (χ2v) is 4.56. The molecule has 0 aliphatic carbocycles. The van der Waals surface area contributed by atoms with Gasteiger partial charge in [-0.05, 0) is 18.2 Å². The summed E-state index contributed by atoms with van der Waals surface area (Å²) in [6, 6.07) is 5.71. The van der Waals surface area contributed by atoms with Crippen molar-refractivity contribution in [2.24, 2.45) is 0 Å². The monoisotopic (exact) mass is 307 g/mol. The average molecular weight is 308 g/mol. The third-order valence-corrected chi connectivity index (χ3v) is 2.74. The first-order valence-electron chi connectivity index (χ1n) is 6.25. The summed E-state index contributed by atoms with van der Waals surface area (Å²) in [5.41, 5.74) is 0.862. The quantitative estimate of drug-likeness (QED) is 0.631. The SMILES string of the molecule is Fc1cncc(COc2ccc(C#CCCCl)c(F)c2)c1. The summed E-state index contributed by atoms with van der Waals surface area (Å²) in [5, 5.41) is 0. The van der Waals surface area contributed by atoms with Crippen LogP contribution in [0.25, 0.3) is 0 Å². The summed E-state index contributed by atoms with van der Waals surface area (Å²) in [6.45, 7) is 0.113. The number of hydrogen-bond acceptors (Lipinski definition) is 2. The van der Waals surface area contributed by atoms with Crippen LogP contribution in [-0.4, -0.2) is 10.9 Å². The van der Waals surface area contributed by atoms with E-state index >= 15 is 0 Å². The molecule has 21 heavy (non-hydrogen) atoms. The number of hydrogen-bond donors (Lipinski definition) is 0. The molecule has 1 aromatic heterocycles. The van der Waals surface area contributed by atoms with Crippen LogP contribution in [0.15, 0.2) is 36.7 Å². The van der Waals surface area contributed by atoms with Gasteiger partial charge in [-0.15, -0.1) is 11.6 Å². The Balaban J connectivity index is 2.02. The number of halogens is 3. The molecule has 108 valence electrons. The maximum Gasteiger partial charge on any atom is 0.142 e. The minimum atomic E-state index is -0.466. The summed E-state index contributed by atoms with van der Waals surface area (Å²) in [5.74, 6) is 5.32. The molecule has 1 aromatic carbocycles. The highest BCUT2D eigenvalue weighted by Gasteiger charge is 2.03. The first-order chi connectivity index (χ1) is 10.2. The number of aromatic nitrogens is 1. The topological polar surface area (TPSA) is 22.1 Å². The summed E-state index contributed by atoms with van der Waals surface area (Å²) in [7, 11) is 0. The Morgan fingerprint density at radius 1 is 1.19 bits per heavy atom. The Morgan fingerprint density at radius 3 is 2.76 bits per heavy atom. The van der Waals surface area contributed by atoms with Gasteiger partial charge in [0.25, 0.3) is 0 Å². The Bertz CT molecular complexity index is 679. The fourth-order valence-corrected chi connectivity index (χ4v) is 1.69. The fourth-order valence-electron chi connectivity index (χ4n) is 1.59. The lowest BCUT2D eigenvalue weighted by Gasteiger charge is -2.06. The van der Waals surface area contributed by atoms with E-state index in [2.05, 4.69) is 16.8 Å². The molecule has 0 bridgehead atoms. The zero-order valence-electron chi connectivity index (χ0n) is 11.1. The minimum absolute atomic E-state index is 0.113. The van der Waals surface area contributed by atoms with E-state index in [-0.39, 0.29) is 6.61 Å². The standard InChI is InChI=1S/C16H12ClF2NO/c17-6-2-1-3-13-4-5-15(8-16(13)19)21-11-12-7-14(18)10-20-9-12/h4-5,7-10H,2,6,11H2. The van der Waals surface area contributed by atoms with Crippen molar-refractivity contribution in [3.63, 3.8) is 0 Å². The second-order valence-electron chi connectivity index (χ2n) is 4.18. The predicted molar refractivity (Wildman–Crippen MR) is 77.1 cm³/mol. The van der Waals surface area contributed by atoms with E-state index in [0.29, 0.717) is 29.2 Å². The number of pyridine rings is 1. The van der Waals surface area contributed by atoms with E-state index in [4.69, 9.17) is 16.3 Å². The van der Waals surface area contributed by atoms with Gasteiger partial charge in [0.1, 0.15) is 24.0 Å². The number of ether oxygens (including phenoxy) is 1. The molecule has 0 aliphatic heterocycles. The van der Waals surface area contributed by atoms with Crippen molar-refractivity contribution >= 4 is 11.6 Å². The van der Waals surface area contributed by atoms with Crippen molar-refractivity contribution in [1.82, 2.24) is 4.98 Å². The fraction of sp³-hybridized carbons (Fsp3) is 0.188. The van der Waals surface area contributed by atoms with E-state index in [1.165, 1.54) is 24.4 Å². The summed E-state index contributed by atoms with van der Waals surface area (Å²) in [6.07, 6.45) is 3.11. The number of rotatable bonds is 4. The molecule has 5 heteroatoms. The molecular weight excluding hydrogens is 296 g/mol. The summed E-state index contributed by atoms with van der Waals surface area (Å²) >= 11 is 5.50. The lowest BCUT2D eigenvalue weighted by atomic mass is 10.2. The molecule has 2 rings (SSSR count). The Labute approximate surface area is 126 Å². The van der Waals surface area contributed by atoms with E-state index in [1.807, 2.05) is 0 Å². The van der Waals surface area contributed by atoms with E-state index in [1.54, 1.807) is 6.07 Å². The molecule has 0 saturated heterocycles. The van der Waals surface area contributed by atoms with Gasteiger partial charge in [-0.3, -0.25) is 4.98 Å². The number of benzene rings is 1. The highest BCUT2D eigenvalue weighted by molar-refractivity contribution is 6.18. The van der Waals surface area contributed by atoms with Gasteiger partial charge in [0.15, 0.2) is 0 Å². The maximum atomic E-state index is 13.8. The Morgan fingerprint density at radius 2 is 2.05 bits per heavy atom. The van der Waals surface area contributed by atoms with Crippen molar-refractivity contribution in [2.75, 3.05) is 5.88 Å². The minimum Gasteiger partial charge on any atom is -0.489 e. The number of alkyl halides is 1. The molecule has 0 aliphatic rings. The first kappa shape index (κ1) is 15.3. The second kappa shape index (κ2) is 7.61. The molecule has 0 radical (unpaired) electrons. The van der Waals surface area contributed by atoms with Crippen molar-refractivity contribution in [2.45, 2.75) is 13.0 Å². The normalized spacial score (nSPS) is 9.86. The molecule has 0 amide bonds. The lowest BCUT2D eigenvalue weighted by Crippen LogP contribution is -1.97. The van der Waals surface area contributed by atoms with Crippen LogP contribution in [0.1, 0.15) is 17.5 Å². The zero-order chi connectivity index (χ0) is 15.1. The van der Waals surface area contributed by atoms with E-state index in [9.17, 15) is 8.78 Å². The summed E-state index contributed by atoms with van der Waals surface area (Å²) in [4.78, 5) is 3.71. The van der Waals surface area contributed by atoms with Gasteiger partial charge < -0.3 is 4.74 Å². The van der Waals surface area contributed by atoms with Gasteiger partial charge in [-0.1, -0.05) is 11.8 Å². The molecule has 0 spiro atoms. The van der Waals surface area contributed by atoms with Gasteiger partial charge in [0.05, 0.1) is 11.8 Å². The van der Waals surface area contributed by atoms with Crippen molar-refractivity contribution in [3.8, 4) is 17.6 Å². The molecule has 0 fully saturated rings. The molecular formula is C16H12ClF2NO. The third-order valence-electron chi connectivity index (χ3n) is 2.55. The highest BCUT2D eigenvalue weighted by atomic mass is 35.5. The van der Waals surface area contributed by atoms with E-state index < -0.39 is 11.6 Å². The Hall–Kier alpha value is -2.12. The lowest BCUT2D eigenvalue weighted by molar-refractivity contribution is 0.303. The van der Waals surface area contributed by atoms with Gasteiger partial charge in [-0.2, -0.15) is 0 Å². The van der Waals surface area contributed by atoms with Gasteiger partial charge in [-0.25, -0.2) is 8.78 Å². The Kier molecular flexibility index (Phi) is 5.53. The predicted octanol–water partition coefficient (Wildman–Crippen LogP) is 3.92. The zero-order valence-corrected chi connectivity index (χ0v) is 11.8. The van der Waals surface area contributed by atoms with Crippen LogP contribution in [0.4, 0.5) is 8.78 Å². The molecule has 2 aromatic rings. The molecule has 1 heterocycles. The van der Waals surface area contributed by atoms with Gasteiger partial charge in [0.2, 0.25) is 0 Å². The van der Waals surface area contributed by atoms with Crippen LogP contribution < -0.4 is 4.74 Å². The van der Waals surface area contributed by atoms with Crippen LogP contribution in [-0.2, 0) is 6.61 Å². The smallest absolute Gasteiger partial charge is 0.142 e. The molecule has 2 nitrogen and oxygen atoms in total. The average Bonchev–Trinajstić information content (AvgIpc) is 2.47. The van der Waals surface area contributed by atoms with Crippen LogP contribution in [0.2, 0.25) is 0 Å². The maximum absolute atomic E-state index is 13.8. The van der Waals surface area contributed by atoms with Gasteiger partial charge >= 0.3 is 0 Å². The highest BCUT2D eigenvalue weighted by Crippen LogP contribution is 2.17. The molecule has 0 atom stereocenters. The van der Waals surface area contributed by atoms with Crippen LogP contribution in [0, 0.1) is 23.5 Å². The van der Waals surface area contributed by atoms with Crippen molar-refractivity contribution in [3.05, 3.63) is 59.4 Å². The van der Waals surface area contributed by atoms with Crippen LogP contribution >= 0.6 is 11.6 Å². The van der Waals surface area contributed by atoms with E-state index in [0.717, 1.165) is 6.20 Å². The molecule has 0 unspecified atom stereocenters. The first-order valence-corrected chi connectivity index (χ1v) is 6.79. The summed E-state index contributed by atoms with van der Waals surface area (Å²) < 4.78 is 32.1. The van der Waals surface area contributed by atoms with Crippen molar-refractivity contribution < 1.29 is 13.5 Å². The number of nitrogens with zero attached hydrogens (tertiary/aromatic N) is 1. The van der Waals surface area contributed by atoms with Crippen molar-refractivity contribution in [1.29, 1.82) is 0 Å².